The van der Waals surface area contributed by atoms with Crippen molar-refractivity contribution in [1.82, 2.24) is 19.3 Å². The molecule has 0 radical (unpaired) electrons. The number of nitrogens with zero attached hydrogens (tertiary/aromatic N) is 4. The Bertz CT molecular complexity index is 1010. The first-order valence-corrected chi connectivity index (χ1v) is 7.92. The van der Waals surface area contributed by atoms with Crippen molar-refractivity contribution in [2.24, 2.45) is 7.05 Å². The summed E-state index contributed by atoms with van der Waals surface area (Å²) in [6, 6.07) is 5.10. The van der Waals surface area contributed by atoms with Crippen LogP contribution in [0.1, 0.15) is 6.42 Å². The van der Waals surface area contributed by atoms with Crippen molar-refractivity contribution in [2.75, 3.05) is 19.5 Å². The summed E-state index contributed by atoms with van der Waals surface area (Å²) in [5.41, 5.74) is 0.879. The Morgan fingerprint density at radius 3 is 2.73 bits per heavy atom. The molecule has 9 heteroatoms. The Morgan fingerprint density at radius 2 is 2.00 bits per heavy atom. The molecule has 0 aliphatic rings. The lowest BCUT2D eigenvalue weighted by Gasteiger charge is -2.11. The van der Waals surface area contributed by atoms with Crippen LogP contribution in [0.2, 0.25) is 0 Å². The summed E-state index contributed by atoms with van der Waals surface area (Å²) >= 11 is 0. The molecule has 0 saturated heterocycles. The zero-order chi connectivity index (χ0) is 18.7. The first kappa shape index (κ1) is 17.5. The monoisotopic (exact) mass is 357 g/mol. The third-order valence-corrected chi connectivity index (χ3v) is 3.97. The van der Waals surface area contributed by atoms with Crippen LogP contribution >= 0.6 is 0 Å². The summed E-state index contributed by atoms with van der Waals surface area (Å²) in [4.78, 5) is 28.8. The Labute approximate surface area is 149 Å². The van der Waals surface area contributed by atoms with Gasteiger partial charge in [-0.2, -0.15) is 5.10 Å². The number of carbonyl (C=O) groups excluding carboxylic acids is 1. The van der Waals surface area contributed by atoms with E-state index in [9.17, 15) is 9.59 Å². The lowest BCUT2D eigenvalue weighted by molar-refractivity contribution is -0.116. The van der Waals surface area contributed by atoms with Crippen LogP contribution in [-0.2, 0) is 18.4 Å². The van der Waals surface area contributed by atoms with Gasteiger partial charge in [0.05, 0.1) is 26.7 Å². The average molecular weight is 357 g/mol. The molecule has 1 aromatic carbocycles. The van der Waals surface area contributed by atoms with Crippen LogP contribution in [0.5, 0.6) is 11.5 Å². The number of amides is 1. The third-order valence-electron chi connectivity index (χ3n) is 3.97. The number of carbonyl (C=O) groups is 1. The standard InChI is InChI=1S/C17H19N5O4/c1-21-16-12(9-19-21)17(24)22(10-18-16)7-6-15(23)20-11-4-5-13(25-2)14(8-11)26-3/h4-5,8-10H,6-7H2,1-3H3,(H,20,23). The van der Waals surface area contributed by atoms with E-state index >= 15 is 0 Å². The molecule has 3 rings (SSSR count). The van der Waals surface area contributed by atoms with E-state index in [2.05, 4.69) is 15.4 Å². The van der Waals surface area contributed by atoms with E-state index in [0.29, 0.717) is 28.2 Å². The summed E-state index contributed by atoms with van der Waals surface area (Å²) in [6.45, 7) is 0.218. The van der Waals surface area contributed by atoms with Crippen molar-refractivity contribution in [3.63, 3.8) is 0 Å². The van der Waals surface area contributed by atoms with Gasteiger partial charge in [0.2, 0.25) is 5.91 Å². The van der Waals surface area contributed by atoms with Gasteiger partial charge in [-0.15, -0.1) is 0 Å². The number of aromatic nitrogens is 4. The largest absolute Gasteiger partial charge is 0.493 e. The van der Waals surface area contributed by atoms with Gasteiger partial charge < -0.3 is 14.8 Å². The zero-order valence-electron chi connectivity index (χ0n) is 14.7. The molecule has 0 saturated carbocycles. The van der Waals surface area contributed by atoms with Crippen molar-refractivity contribution in [3.8, 4) is 11.5 Å². The van der Waals surface area contributed by atoms with Crippen LogP contribution in [-0.4, -0.2) is 39.5 Å². The minimum Gasteiger partial charge on any atom is -0.493 e. The van der Waals surface area contributed by atoms with Crippen molar-refractivity contribution >= 4 is 22.6 Å². The fourth-order valence-corrected chi connectivity index (χ4v) is 2.59. The van der Waals surface area contributed by atoms with Gasteiger partial charge >= 0.3 is 0 Å². The second-order valence-corrected chi connectivity index (χ2v) is 5.62. The molecule has 2 aromatic heterocycles. The number of ether oxygens (including phenoxy) is 2. The number of hydrogen-bond acceptors (Lipinski definition) is 6. The van der Waals surface area contributed by atoms with Crippen LogP contribution < -0.4 is 20.3 Å². The molecule has 1 N–H and O–H groups in total. The predicted molar refractivity (Wildman–Crippen MR) is 95.6 cm³/mol. The summed E-state index contributed by atoms with van der Waals surface area (Å²) in [7, 11) is 4.79. The minimum atomic E-state index is -0.226. The Morgan fingerprint density at radius 1 is 1.23 bits per heavy atom. The lowest BCUT2D eigenvalue weighted by atomic mass is 10.2. The van der Waals surface area contributed by atoms with Crippen molar-refractivity contribution in [1.29, 1.82) is 0 Å². The Balaban J connectivity index is 1.68. The molecular formula is C17H19N5O4. The Hall–Kier alpha value is -3.36. The molecule has 0 aliphatic heterocycles. The topological polar surface area (TPSA) is 100 Å². The first-order valence-electron chi connectivity index (χ1n) is 7.92. The molecule has 26 heavy (non-hydrogen) atoms. The van der Waals surface area contributed by atoms with Crippen LogP contribution in [0.15, 0.2) is 35.5 Å². The molecule has 0 spiro atoms. The SMILES string of the molecule is COc1ccc(NC(=O)CCn2cnc3c(cnn3C)c2=O)cc1OC. The molecule has 0 unspecified atom stereocenters. The highest BCUT2D eigenvalue weighted by Gasteiger charge is 2.11. The quantitative estimate of drug-likeness (QED) is 0.711. The number of hydrogen-bond donors (Lipinski definition) is 1. The molecule has 2 heterocycles. The lowest BCUT2D eigenvalue weighted by Crippen LogP contribution is -2.23. The highest BCUT2D eigenvalue weighted by atomic mass is 16.5. The summed E-state index contributed by atoms with van der Waals surface area (Å²) in [6.07, 6.45) is 3.03. The number of fused-ring (bicyclic) bond motifs is 1. The fraction of sp³-hybridized carbons (Fsp3) is 0.294. The maximum atomic E-state index is 12.4. The van der Waals surface area contributed by atoms with Gasteiger partial charge in [0.25, 0.3) is 5.56 Å². The minimum absolute atomic E-state index is 0.127. The summed E-state index contributed by atoms with van der Waals surface area (Å²) in [5, 5.41) is 7.22. The molecule has 0 bridgehead atoms. The van der Waals surface area contributed by atoms with Gasteiger partial charge in [0.15, 0.2) is 17.1 Å². The second-order valence-electron chi connectivity index (χ2n) is 5.62. The maximum Gasteiger partial charge on any atom is 0.264 e. The van der Waals surface area contributed by atoms with Gasteiger partial charge in [-0.1, -0.05) is 0 Å². The fourth-order valence-electron chi connectivity index (χ4n) is 2.59. The van der Waals surface area contributed by atoms with Gasteiger partial charge in [-0.3, -0.25) is 18.8 Å². The molecule has 3 aromatic rings. The number of nitrogens with one attached hydrogen (secondary N) is 1. The predicted octanol–water partition coefficient (Wildman–Crippen LogP) is 1.18. The van der Waals surface area contributed by atoms with Crippen molar-refractivity contribution in [3.05, 3.63) is 41.1 Å². The van der Waals surface area contributed by atoms with E-state index in [1.807, 2.05) is 0 Å². The van der Waals surface area contributed by atoms with E-state index in [1.54, 1.807) is 32.4 Å². The van der Waals surface area contributed by atoms with Crippen molar-refractivity contribution < 1.29 is 14.3 Å². The number of benzene rings is 1. The van der Waals surface area contributed by atoms with Gasteiger partial charge in [0, 0.05) is 31.8 Å². The van der Waals surface area contributed by atoms with E-state index in [-0.39, 0.29) is 24.4 Å². The molecule has 0 aliphatic carbocycles. The number of aryl methyl sites for hydroxylation is 2. The molecule has 9 nitrogen and oxygen atoms in total. The molecule has 136 valence electrons. The zero-order valence-corrected chi connectivity index (χ0v) is 14.7. The first-order chi connectivity index (χ1) is 12.5. The van der Waals surface area contributed by atoms with Gasteiger partial charge in [-0.05, 0) is 12.1 Å². The second kappa shape index (κ2) is 7.26. The summed E-state index contributed by atoms with van der Waals surface area (Å²) < 4.78 is 13.3. The van der Waals surface area contributed by atoms with E-state index < -0.39 is 0 Å². The molecular weight excluding hydrogens is 338 g/mol. The van der Waals surface area contributed by atoms with Gasteiger partial charge in [-0.25, -0.2) is 4.98 Å². The number of rotatable bonds is 6. The summed E-state index contributed by atoms with van der Waals surface area (Å²) in [5.74, 6) is 0.871. The van der Waals surface area contributed by atoms with Gasteiger partial charge in [0.1, 0.15) is 5.39 Å². The van der Waals surface area contributed by atoms with Crippen LogP contribution in [0.3, 0.4) is 0 Å². The average Bonchev–Trinajstić information content (AvgIpc) is 3.03. The molecule has 0 fully saturated rings. The molecule has 1 amide bonds. The molecule has 0 atom stereocenters. The number of methoxy groups -OCH3 is 2. The third kappa shape index (κ3) is 3.37. The highest BCUT2D eigenvalue weighted by molar-refractivity contribution is 5.91. The van der Waals surface area contributed by atoms with E-state index in [1.165, 1.54) is 28.9 Å². The van der Waals surface area contributed by atoms with Crippen LogP contribution in [0.25, 0.3) is 11.0 Å². The van der Waals surface area contributed by atoms with E-state index in [0.717, 1.165) is 0 Å². The Kier molecular flexibility index (Phi) is 4.87. The highest BCUT2D eigenvalue weighted by Crippen LogP contribution is 2.29. The van der Waals surface area contributed by atoms with Crippen molar-refractivity contribution in [2.45, 2.75) is 13.0 Å². The van der Waals surface area contributed by atoms with Crippen LogP contribution in [0.4, 0.5) is 5.69 Å². The van der Waals surface area contributed by atoms with Crippen LogP contribution in [0, 0.1) is 0 Å². The number of anilines is 1. The van der Waals surface area contributed by atoms with E-state index in [4.69, 9.17) is 9.47 Å². The maximum absolute atomic E-state index is 12.4. The smallest absolute Gasteiger partial charge is 0.264 e. The normalized spacial score (nSPS) is 10.7.